The molecule has 0 N–H and O–H groups in total. The fraction of sp³-hybridized carbons (Fsp3) is 0.520. The maximum atomic E-state index is 13.5. The molecule has 1 aliphatic heterocycles. The Morgan fingerprint density at radius 2 is 1.97 bits per heavy atom. The van der Waals surface area contributed by atoms with Crippen LogP contribution in [-0.4, -0.2) is 48.4 Å². The number of hydrogen-bond donors (Lipinski definition) is 0. The Labute approximate surface area is 190 Å². The summed E-state index contributed by atoms with van der Waals surface area (Å²) in [6.45, 7) is 7.68. The van der Waals surface area contributed by atoms with Gasteiger partial charge in [-0.1, -0.05) is 39.3 Å². The fourth-order valence-electron chi connectivity index (χ4n) is 4.17. The highest BCUT2D eigenvalue weighted by atomic mass is 32.1. The van der Waals surface area contributed by atoms with Crippen molar-refractivity contribution in [1.29, 1.82) is 0 Å². The molecule has 3 rings (SSSR count). The second kappa shape index (κ2) is 10.8. The minimum absolute atomic E-state index is 0.0168. The Morgan fingerprint density at radius 1 is 1.23 bits per heavy atom. The summed E-state index contributed by atoms with van der Waals surface area (Å²) >= 11 is 1.75. The van der Waals surface area contributed by atoms with Gasteiger partial charge in [0.25, 0.3) is 0 Å². The number of thiophene rings is 1. The summed E-state index contributed by atoms with van der Waals surface area (Å²) < 4.78 is 5.31. The van der Waals surface area contributed by atoms with E-state index in [4.69, 9.17) is 4.74 Å². The summed E-state index contributed by atoms with van der Waals surface area (Å²) in [6, 6.07) is 9.96. The molecule has 2 aromatic rings. The average Bonchev–Trinajstić information content (AvgIpc) is 3.25. The SMILES string of the molecule is CCCCC(=O)N(CC(=O)N1CCc2sccc2C1c1ccc(OC)cc1)CC(C)C. The summed E-state index contributed by atoms with van der Waals surface area (Å²) in [5.41, 5.74) is 2.27. The summed E-state index contributed by atoms with van der Waals surface area (Å²) in [6.07, 6.45) is 3.20. The normalized spacial score (nSPS) is 15.6. The zero-order valence-electron chi connectivity index (χ0n) is 19.1. The molecule has 6 heteroatoms. The van der Waals surface area contributed by atoms with Crippen LogP contribution in [0.5, 0.6) is 5.75 Å². The molecular weight excluding hydrogens is 408 g/mol. The maximum absolute atomic E-state index is 13.5. The Hall–Kier alpha value is -2.34. The lowest BCUT2D eigenvalue weighted by molar-refractivity contribution is -0.142. The van der Waals surface area contributed by atoms with E-state index in [1.165, 1.54) is 10.4 Å². The Balaban J connectivity index is 1.85. The van der Waals surface area contributed by atoms with E-state index in [1.807, 2.05) is 29.2 Å². The Morgan fingerprint density at radius 3 is 2.61 bits per heavy atom. The van der Waals surface area contributed by atoms with Gasteiger partial charge in [0.1, 0.15) is 5.75 Å². The molecule has 5 nitrogen and oxygen atoms in total. The molecule has 2 amide bonds. The van der Waals surface area contributed by atoms with Crippen LogP contribution in [0.2, 0.25) is 0 Å². The number of ether oxygens (including phenoxy) is 1. The number of unbranched alkanes of at least 4 members (excludes halogenated alkanes) is 1. The smallest absolute Gasteiger partial charge is 0.242 e. The first kappa shape index (κ1) is 23.3. The molecule has 0 aliphatic carbocycles. The average molecular weight is 443 g/mol. The fourth-order valence-corrected chi connectivity index (χ4v) is 5.07. The molecule has 0 saturated heterocycles. The molecule has 0 saturated carbocycles. The molecule has 2 heterocycles. The molecule has 1 aliphatic rings. The van der Waals surface area contributed by atoms with Crippen LogP contribution in [0.3, 0.4) is 0 Å². The lowest BCUT2D eigenvalue weighted by atomic mass is 9.93. The molecule has 1 aromatic carbocycles. The van der Waals surface area contributed by atoms with E-state index in [-0.39, 0.29) is 24.4 Å². The highest BCUT2D eigenvalue weighted by molar-refractivity contribution is 7.10. The molecule has 0 radical (unpaired) electrons. The molecule has 0 fully saturated rings. The summed E-state index contributed by atoms with van der Waals surface area (Å²) in [5.74, 6) is 1.22. The standard InChI is InChI=1S/C25H34N2O3S/c1-5-6-7-23(28)26(16-18(2)3)17-24(29)27-14-12-22-21(13-15-31-22)25(27)19-8-10-20(30-4)11-9-19/h8-11,13,15,18,25H,5-7,12,14,16-17H2,1-4H3. The molecule has 1 aromatic heterocycles. The van der Waals surface area contributed by atoms with Crippen LogP contribution in [0.1, 0.15) is 62.1 Å². The van der Waals surface area contributed by atoms with Crippen LogP contribution in [0.15, 0.2) is 35.7 Å². The zero-order chi connectivity index (χ0) is 22.4. The number of fused-ring (bicyclic) bond motifs is 1. The van der Waals surface area contributed by atoms with E-state index in [1.54, 1.807) is 23.3 Å². The van der Waals surface area contributed by atoms with Gasteiger partial charge < -0.3 is 14.5 Å². The van der Waals surface area contributed by atoms with Crippen molar-refractivity contribution in [3.05, 3.63) is 51.7 Å². The number of benzene rings is 1. The number of carbonyl (C=O) groups is 2. The van der Waals surface area contributed by atoms with Gasteiger partial charge in [-0.05, 0) is 53.5 Å². The van der Waals surface area contributed by atoms with Crippen molar-refractivity contribution in [3.63, 3.8) is 0 Å². The lowest BCUT2D eigenvalue weighted by Crippen LogP contribution is -2.47. The van der Waals surface area contributed by atoms with Crippen LogP contribution >= 0.6 is 11.3 Å². The Bertz CT molecular complexity index is 875. The lowest BCUT2D eigenvalue weighted by Gasteiger charge is -2.38. The molecule has 0 spiro atoms. The second-order valence-corrected chi connectivity index (χ2v) is 9.58. The van der Waals surface area contributed by atoms with Gasteiger partial charge in [0.2, 0.25) is 11.8 Å². The minimum Gasteiger partial charge on any atom is -0.497 e. The first-order valence-corrected chi connectivity index (χ1v) is 12.1. The van der Waals surface area contributed by atoms with E-state index < -0.39 is 0 Å². The van der Waals surface area contributed by atoms with Gasteiger partial charge in [0.05, 0.1) is 19.7 Å². The third kappa shape index (κ3) is 5.67. The van der Waals surface area contributed by atoms with Crippen molar-refractivity contribution in [3.8, 4) is 5.75 Å². The molecule has 1 unspecified atom stereocenters. The van der Waals surface area contributed by atoms with Crippen LogP contribution in [0, 0.1) is 5.92 Å². The number of methoxy groups -OCH3 is 1. The highest BCUT2D eigenvalue weighted by Crippen LogP contribution is 2.38. The molecule has 31 heavy (non-hydrogen) atoms. The predicted molar refractivity (Wildman–Crippen MR) is 126 cm³/mol. The maximum Gasteiger partial charge on any atom is 0.242 e. The van der Waals surface area contributed by atoms with Gasteiger partial charge >= 0.3 is 0 Å². The summed E-state index contributed by atoms with van der Waals surface area (Å²) in [5, 5.41) is 2.11. The first-order chi connectivity index (χ1) is 14.9. The van der Waals surface area contributed by atoms with Gasteiger partial charge in [-0.25, -0.2) is 0 Å². The zero-order valence-corrected chi connectivity index (χ0v) is 19.9. The van der Waals surface area contributed by atoms with Crippen LogP contribution < -0.4 is 4.74 Å². The second-order valence-electron chi connectivity index (χ2n) is 8.58. The van der Waals surface area contributed by atoms with Gasteiger partial charge in [-0.2, -0.15) is 0 Å². The number of hydrogen-bond acceptors (Lipinski definition) is 4. The molecule has 1 atom stereocenters. The van der Waals surface area contributed by atoms with Gasteiger partial charge in [-0.15, -0.1) is 11.3 Å². The number of amides is 2. The number of nitrogens with zero attached hydrogens (tertiary/aromatic N) is 2. The quantitative estimate of drug-likeness (QED) is 0.555. The predicted octanol–water partition coefficient (Wildman–Crippen LogP) is 4.91. The third-order valence-electron chi connectivity index (χ3n) is 5.73. The Kier molecular flexibility index (Phi) is 8.13. The van der Waals surface area contributed by atoms with Crippen LogP contribution in [0.25, 0.3) is 0 Å². The van der Waals surface area contributed by atoms with E-state index in [2.05, 4.69) is 32.2 Å². The molecular formula is C25H34N2O3S. The van der Waals surface area contributed by atoms with E-state index in [9.17, 15) is 9.59 Å². The van der Waals surface area contributed by atoms with Crippen molar-refractivity contribution in [1.82, 2.24) is 9.80 Å². The van der Waals surface area contributed by atoms with Crippen LogP contribution in [-0.2, 0) is 16.0 Å². The van der Waals surface area contributed by atoms with E-state index in [0.717, 1.165) is 30.6 Å². The number of carbonyl (C=O) groups excluding carboxylic acids is 2. The highest BCUT2D eigenvalue weighted by Gasteiger charge is 2.34. The van der Waals surface area contributed by atoms with Gasteiger partial charge in [0.15, 0.2) is 0 Å². The topological polar surface area (TPSA) is 49.9 Å². The van der Waals surface area contributed by atoms with Gasteiger partial charge in [-0.3, -0.25) is 9.59 Å². The largest absolute Gasteiger partial charge is 0.497 e. The monoisotopic (exact) mass is 442 g/mol. The van der Waals surface area contributed by atoms with E-state index >= 15 is 0 Å². The van der Waals surface area contributed by atoms with Crippen molar-refractivity contribution in [2.24, 2.45) is 5.92 Å². The number of rotatable bonds is 9. The van der Waals surface area contributed by atoms with E-state index in [0.29, 0.717) is 25.4 Å². The van der Waals surface area contributed by atoms with Gasteiger partial charge in [0, 0.05) is 24.4 Å². The minimum atomic E-state index is -0.125. The van der Waals surface area contributed by atoms with Crippen molar-refractivity contribution >= 4 is 23.2 Å². The first-order valence-electron chi connectivity index (χ1n) is 11.2. The summed E-state index contributed by atoms with van der Waals surface area (Å²) in [4.78, 5) is 31.3. The third-order valence-corrected chi connectivity index (χ3v) is 6.72. The van der Waals surface area contributed by atoms with Crippen LogP contribution in [0.4, 0.5) is 0 Å². The molecule has 0 bridgehead atoms. The molecule has 168 valence electrons. The van der Waals surface area contributed by atoms with Crippen molar-refractivity contribution < 1.29 is 14.3 Å². The van der Waals surface area contributed by atoms with Crippen molar-refractivity contribution in [2.75, 3.05) is 26.7 Å². The summed E-state index contributed by atoms with van der Waals surface area (Å²) in [7, 11) is 1.65. The van der Waals surface area contributed by atoms with Crippen molar-refractivity contribution in [2.45, 2.75) is 52.5 Å².